The average molecular weight is 655 g/mol. The van der Waals surface area contributed by atoms with Crippen molar-refractivity contribution in [2.45, 2.75) is 58.8 Å². The third kappa shape index (κ3) is 6.49. The quantitative estimate of drug-likeness (QED) is 0.178. The van der Waals surface area contributed by atoms with Crippen LogP contribution in [0, 0.1) is 25.5 Å². The van der Waals surface area contributed by atoms with Gasteiger partial charge >= 0.3 is 12.1 Å². The topological polar surface area (TPSA) is 86.6 Å². The Kier molecular flexibility index (Phi) is 9.24. The van der Waals surface area contributed by atoms with E-state index in [-0.39, 0.29) is 29.9 Å². The summed E-state index contributed by atoms with van der Waals surface area (Å²) in [5.74, 6) is -3.22. The van der Waals surface area contributed by atoms with Gasteiger partial charge < -0.3 is 14.8 Å². The Hall–Kier alpha value is -5.00. The van der Waals surface area contributed by atoms with Crippen LogP contribution in [0.1, 0.15) is 65.7 Å². The van der Waals surface area contributed by atoms with E-state index in [1.54, 1.807) is 25.1 Å². The lowest BCUT2D eigenvalue weighted by Crippen LogP contribution is -2.41. The molecular weight excluding hydrogens is 623 g/mol. The number of ether oxygens (including phenoxy) is 2. The van der Waals surface area contributed by atoms with Crippen molar-refractivity contribution in [2.24, 2.45) is 0 Å². The molecule has 0 fully saturated rings. The summed E-state index contributed by atoms with van der Waals surface area (Å²) in [6, 6.07) is 9.09. The predicted molar refractivity (Wildman–Crippen MR) is 163 cm³/mol. The number of carbonyl (C=O) groups is 2. The minimum Gasteiger partial charge on any atom is -0.466 e. The Morgan fingerprint density at radius 1 is 0.979 bits per heavy atom. The van der Waals surface area contributed by atoms with E-state index in [2.05, 4.69) is 5.32 Å². The summed E-state index contributed by atoms with van der Waals surface area (Å²) < 4.78 is 85.1. The first kappa shape index (κ1) is 33.4. The maximum atomic E-state index is 15.9. The molecule has 0 spiro atoms. The lowest BCUT2D eigenvalue weighted by molar-refractivity contribution is -0.144. The normalized spacial score (nSPS) is 16.1. The van der Waals surface area contributed by atoms with Gasteiger partial charge in [0.05, 0.1) is 24.6 Å². The third-order valence-corrected chi connectivity index (χ3v) is 8.07. The first-order chi connectivity index (χ1) is 22.2. The third-order valence-electron chi connectivity index (χ3n) is 8.07. The second-order valence-corrected chi connectivity index (χ2v) is 11.2. The maximum absolute atomic E-state index is 15.9. The van der Waals surface area contributed by atoms with Crippen LogP contribution in [0.3, 0.4) is 0 Å². The van der Waals surface area contributed by atoms with Crippen LogP contribution in [-0.2, 0) is 26.9 Å². The summed E-state index contributed by atoms with van der Waals surface area (Å²) in [5, 5.41) is 2.59. The SMILES string of the molecule is CCOC(=O)C[C@@H]1NC(=O)[C@@H](n2ccc(C(F)(F)F)c(CC)c2=O)c2cc(ccc2F)Oc2cccc(C)c2-c2cc(C)c(F)c1c2. The molecule has 1 aliphatic rings. The molecule has 4 aromatic rings. The first-order valence-corrected chi connectivity index (χ1v) is 14.9. The number of amides is 1. The highest BCUT2D eigenvalue weighted by atomic mass is 19.4. The van der Waals surface area contributed by atoms with Crippen LogP contribution in [0.5, 0.6) is 11.5 Å². The number of alkyl halides is 3. The molecule has 246 valence electrons. The Morgan fingerprint density at radius 3 is 2.40 bits per heavy atom. The van der Waals surface area contributed by atoms with Crippen LogP contribution in [-0.4, -0.2) is 23.1 Å². The van der Waals surface area contributed by atoms with Gasteiger partial charge in [-0.05, 0) is 86.3 Å². The molecule has 4 bridgehead atoms. The van der Waals surface area contributed by atoms with E-state index < -0.39 is 70.4 Å². The highest BCUT2D eigenvalue weighted by Gasteiger charge is 2.37. The number of aryl methyl sites for hydroxylation is 2. The number of esters is 1. The molecule has 1 aromatic heterocycles. The van der Waals surface area contributed by atoms with Crippen LogP contribution >= 0.6 is 0 Å². The van der Waals surface area contributed by atoms with E-state index in [0.29, 0.717) is 27.5 Å². The Morgan fingerprint density at radius 2 is 1.72 bits per heavy atom. The number of benzene rings is 3. The van der Waals surface area contributed by atoms with E-state index in [1.807, 2.05) is 13.0 Å². The molecule has 1 amide bonds. The van der Waals surface area contributed by atoms with Gasteiger partial charge in [-0.2, -0.15) is 13.2 Å². The Balaban J connectivity index is 1.83. The standard InChI is InChI=1S/C35H31F5N2O5/c1-5-22-25(35(38,39)40)12-13-42(34(22)45)32-23-16-21(10-11-26(23)36)47-28-9-7-8-18(3)30(28)20-14-19(4)31(37)24(15-20)27(41-33(32)44)17-29(43)46-6-2/h7-16,27,32H,5-6,17H2,1-4H3,(H,41,44)/t27-,32-/m0/s1. The van der Waals surface area contributed by atoms with E-state index >= 15 is 8.78 Å². The van der Waals surface area contributed by atoms with Crippen molar-refractivity contribution in [1.82, 2.24) is 9.88 Å². The van der Waals surface area contributed by atoms with Crippen molar-refractivity contribution >= 4 is 11.9 Å². The summed E-state index contributed by atoms with van der Waals surface area (Å²) >= 11 is 0. The molecule has 0 unspecified atom stereocenters. The summed E-state index contributed by atoms with van der Waals surface area (Å²) in [7, 11) is 0. The molecule has 2 heterocycles. The molecule has 0 aliphatic carbocycles. The molecule has 1 aliphatic heterocycles. The fourth-order valence-corrected chi connectivity index (χ4v) is 5.91. The van der Waals surface area contributed by atoms with Gasteiger partial charge in [-0.15, -0.1) is 0 Å². The molecule has 47 heavy (non-hydrogen) atoms. The number of fused-ring (bicyclic) bond motifs is 6. The molecule has 12 heteroatoms. The van der Waals surface area contributed by atoms with Crippen molar-refractivity contribution in [2.75, 3.05) is 6.61 Å². The summed E-state index contributed by atoms with van der Waals surface area (Å²) in [4.78, 5) is 40.6. The molecule has 3 aromatic carbocycles. The van der Waals surface area contributed by atoms with Gasteiger partial charge in [0.2, 0.25) is 5.91 Å². The van der Waals surface area contributed by atoms with Gasteiger partial charge in [0.1, 0.15) is 29.2 Å². The molecule has 0 radical (unpaired) electrons. The first-order valence-electron chi connectivity index (χ1n) is 14.9. The number of aromatic nitrogens is 1. The zero-order chi connectivity index (χ0) is 34.2. The van der Waals surface area contributed by atoms with Gasteiger partial charge in [0.25, 0.3) is 5.56 Å². The average Bonchev–Trinajstić information content (AvgIpc) is 3.00. The van der Waals surface area contributed by atoms with Gasteiger partial charge in [0.15, 0.2) is 0 Å². The summed E-state index contributed by atoms with van der Waals surface area (Å²) in [5.41, 5.74) is -1.53. The lowest BCUT2D eigenvalue weighted by Gasteiger charge is -2.26. The maximum Gasteiger partial charge on any atom is 0.416 e. The zero-order valence-electron chi connectivity index (χ0n) is 25.9. The smallest absolute Gasteiger partial charge is 0.416 e. The van der Waals surface area contributed by atoms with Crippen LogP contribution in [0.4, 0.5) is 22.0 Å². The minimum absolute atomic E-state index is 0.00761. The molecule has 7 nitrogen and oxygen atoms in total. The molecule has 0 saturated carbocycles. The Labute approximate surface area is 266 Å². The van der Waals surface area contributed by atoms with Crippen molar-refractivity contribution in [3.05, 3.63) is 116 Å². The van der Waals surface area contributed by atoms with Gasteiger partial charge in [-0.25, -0.2) is 8.78 Å². The number of nitrogens with zero attached hydrogens (tertiary/aromatic N) is 1. The Bertz CT molecular complexity index is 1940. The number of rotatable bonds is 5. The molecule has 2 atom stereocenters. The summed E-state index contributed by atoms with van der Waals surface area (Å²) in [6.07, 6.45) is -4.99. The number of carbonyl (C=O) groups excluding carboxylic acids is 2. The predicted octanol–water partition coefficient (Wildman–Crippen LogP) is 7.50. The van der Waals surface area contributed by atoms with E-state index in [1.165, 1.54) is 32.0 Å². The number of halogens is 5. The fourth-order valence-electron chi connectivity index (χ4n) is 5.91. The monoisotopic (exact) mass is 654 g/mol. The number of hydrogen-bond donors (Lipinski definition) is 1. The molecule has 0 saturated heterocycles. The molecular formula is C35H31F5N2O5. The van der Waals surface area contributed by atoms with E-state index in [0.717, 1.165) is 17.8 Å². The van der Waals surface area contributed by atoms with Crippen LogP contribution in [0.2, 0.25) is 0 Å². The van der Waals surface area contributed by atoms with Crippen molar-refractivity contribution < 1.29 is 41.0 Å². The second-order valence-electron chi connectivity index (χ2n) is 11.2. The van der Waals surface area contributed by atoms with Crippen LogP contribution in [0.15, 0.2) is 65.6 Å². The van der Waals surface area contributed by atoms with Crippen LogP contribution in [0.25, 0.3) is 11.1 Å². The number of pyridine rings is 1. The van der Waals surface area contributed by atoms with E-state index in [4.69, 9.17) is 9.47 Å². The largest absolute Gasteiger partial charge is 0.466 e. The van der Waals surface area contributed by atoms with Crippen molar-refractivity contribution in [1.29, 1.82) is 0 Å². The fraction of sp³-hybridized carbons (Fsp3) is 0.286. The lowest BCUT2D eigenvalue weighted by atomic mass is 9.92. The van der Waals surface area contributed by atoms with Gasteiger partial charge in [-0.3, -0.25) is 19.0 Å². The van der Waals surface area contributed by atoms with Gasteiger partial charge in [0, 0.05) is 28.5 Å². The van der Waals surface area contributed by atoms with Crippen molar-refractivity contribution in [3.63, 3.8) is 0 Å². The summed E-state index contributed by atoms with van der Waals surface area (Å²) in [6.45, 7) is 6.23. The molecule has 1 N–H and O–H groups in total. The highest BCUT2D eigenvalue weighted by molar-refractivity contribution is 5.85. The highest BCUT2D eigenvalue weighted by Crippen LogP contribution is 2.40. The van der Waals surface area contributed by atoms with E-state index in [9.17, 15) is 27.6 Å². The second kappa shape index (κ2) is 13.0. The zero-order valence-corrected chi connectivity index (χ0v) is 25.9. The van der Waals surface area contributed by atoms with Gasteiger partial charge in [-0.1, -0.05) is 19.1 Å². The molecule has 5 rings (SSSR count). The van der Waals surface area contributed by atoms with Crippen molar-refractivity contribution in [3.8, 4) is 22.6 Å². The number of nitrogens with one attached hydrogen (secondary N) is 1. The number of hydrogen-bond acceptors (Lipinski definition) is 5. The minimum atomic E-state index is -4.87. The van der Waals surface area contributed by atoms with Crippen LogP contribution < -0.4 is 15.6 Å².